The van der Waals surface area contributed by atoms with E-state index in [2.05, 4.69) is 25.9 Å². The van der Waals surface area contributed by atoms with Gasteiger partial charge < -0.3 is 31.3 Å². The van der Waals surface area contributed by atoms with Gasteiger partial charge in [0.25, 0.3) is 0 Å². The third kappa shape index (κ3) is 9.02. The van der Waals surface area contributed by atoms with E-state index in [0.717, 1.165) is 22.1 Å². The van der Waals surface area contributed by atoms with Crippen molar-refractivity contribution in [2.24, 2.45) is 0 Å². The van der Waals surface area contributed by atoms with Gasteiger partial charge in [-0.3, -0.25) is 9.78 Å². The lowest BCUT2D eigenvalue weighted by Crippen LogP contribution is -2.51. The van der Waals surface area contributed by atoms with E-state index in [-0.39, 0.29) is 12.8 Å². The van der Waals surface area contributed by atoms with Gasteiger partial charge in [0, 0.05) is 35.8 Å². The van der Waals surface area contributed by atoms with Gasteiger partial charge in [0.15, 0.2) is 5.13 Å². The van der Waals surface area contributed by atoms with Crippen LogP contribution in [0.2, 0.25) is 0 Å². The lowest BCUT2D eigenvalue weighted by Gasteiger charge is -2.18. The Hall–Kier alpha value is -3.74. The second-order valence-corrected chi connectivity index (χ2v) is 8.34. The van der Waals surface area contributed by atoms with Gasteiger partial charge in [-0.2, -0.15) is 0 Å². The molecule has 0 aromatic carbocycles. The van der Waals surface area contributed by atoms with Crippen LogP contribution < -0.4 is 16.0 Å². The Balaban J connectivity index is 1.75. The molecule has 34 heavy (non-hydrogen) atoms. The van der Waals surface area contributed by atoms with E-state index in [0.29, 0.717) is 19.4 Å². The normalized spacial score (nSPS) is 12.4. The fourth-order valence-electron chi connectivity index (χ4n) is 3.00. The minimum Gasteiger partial charge on any atom is -0.481 e. The highest BCUT2D eigenvalue weighted by molar-refractivity contribution is 7.14. The van der Waals surface area contributed by atoms with Crippen LogP contribution >= 0.6 is 11.3 Å². The lowest BCUT2D eigenvalue weighted by atomic mass is 10.1. The molecule has 0 aliphatic heterocycles. The summed E-state index contributed by atoms with van der Waals surface area (Å²) < 4.78 is 0. The fourth-order valence-corrected chi connectivity index (χ4v) is 3.75. The van der Waals surface area contributed by atoms with Crippen LogP contribution in [0.1, 0.15) is 37.8 Å². The summed E-state index contributed by atoms with van der Waals surface area (Å²) in [5.41, 5.74) is 2.70. The average molecular weight is 494 g/mol. The number of aromatic nitrogens is 2. The van der Waals surface area contributed by atoms with Crippen LogP contribution in [0.15, 0.2) is 23.7 Å². The summed E-state index contributed by atoms with van der Waals surface area (Å²) in [5, 5.41) is 37.3. The standard InChI is InChI=1S/C21H27N5O7S/c1-12-10-13(7-9-22-12)16-11-34-21(26-16)23-8-3-2-4-14(18(29)30)24-20(33)25-15(19(31)32)5-6-17(27)28/h7,9-11,14-15H,2-6,8H2,1H3,(H,23,26)(H,27,28)(H,29,30)(H,31,32)(H2,24,25,33)/t14-,15-/m0/s1. The third-order valence-corrected chi connectivity index (χ3v) is 5.55. The van der Waals surface area contributed by atoms with Crippen molar-refractivity contribution in [2.75, 3.05) is 11.9 Å². The summed E-state index contributed by atoms with van der Waals surface area (Å²) in [7, 11) is 0. The fraction of sp³-hybridized carbons (Fsp3) is 0.429. The largest absolute Gasteiger partial charge is 0.481 e. The minimum absolute atomic E-state index is 0.136. The molecule has 2 rings (SSSR count). The predicted molar refractivity (Wildman–Crippen MR) is 124 cm³/mol. The Labute approximate surface area is 199 Å². The summed E-state index contributed by atoms with van der Waals surface area (Å²) in [5.74, 6) is -3.86. The van der Waals surface area contributed by atoms with Crippen LogP contribution in [0.25, 0.3) is 11.3 Å². The highest BCUT2D eigenvalue weighted by atomic mass is 32.1. The van der Waals surface area contributed by atoms with Crippen LogP contribution in [0, 0.1) is 6.92 Å². The van der Waals surface area contributed by atoms with Crippen molar-refractivity contribution in [2.45, 2.75) is 51.1 Å². The number of hydrogen-bond donors (Lipinski definition) is 6. The van der Waals surface area contributed by atoms with Crippen molar-refractivity contribution < 1.29 is 34.5 Å². The van der Waals surface area contributed by atoms with Crippen LogP contribution in [0.3, 0.4) is 0 Å². The number of thiazole rings is 1. The Kier molecular flexibility index (Phi) is 10.2. The van der Waals surface area contributed by atoms with Gasteiger partial charge in [0.1, 0.15) is 12.1 Å². The van der Waals surface area contributed by atoms with Gasteiger partial charge >= 0.3 is 23.9 Å². The van der Waals surface area contributed by atoms with Crippen molar-refractivity contribution in [3.05, 3.63) is 29.4 Å². The maximum Gasteiger partial charge on any atom is 0.326 e. The number of carbonyl (C=O) groups is 4. The molecule has 184 valence electrons. The first-order chi connectivity index (χ1) is 16.2. The van der Waals surface area contributed by atoms with E-state index >= 15 is 0 Å². The molecular weight excluding hydrogens is 466 g/mol. The molecule has 0 unspecified atom stereocenters. The molecule has 6 N–H and O–H groups in total. The molecule has 2 aromatic heterocycles. The summed E-state index contributed by atoms with van der Waals surface area (Å²) in [6.07, 6.45) is 2.19. The van der Waals surface area contributed by atoms with Crippen LogP contribution in [-0.2, 0) is 14.4 Å². The molecule has 12 nitrogen and oxygen atoms in total. The minimum atomic E-state index is -1.44. The van der Waals surface area contributed by atoms with Gasteiger partial charge in [-0.25, -0.2) is 19.4 Å². The number of unbranched alkanes of at least 4 members (excludes halogenated alkanes) is 1. The summed E-state index contributed by atoms with van der Waals surface area (Å²) in [4.78, 5) is 53.9. The molecule has 0 saturated carbocycles. The molecule has 0 bridgehead atoms. The number of carbonyl (C=O) groups excluding carboxylic acids is 1. The zero-order valence-electron chi connectivity index (χ0n) is 18.5. The quantitative estimate of drug-likeness (QED) is 0.213. The molecule has 2 amide bonds. The van der Waals surface area contributed by atoms with Gasteiger partial charge in [-0.15, -0.1) is 11.3 Å². The number of carboxylic acids is 3. The molecule has 0 spiro atoms. The van der Waals surface area contributed by atoms with Gasteiger partial charge in [-0.1, -0.05) is 0 Å². The number of aliphatic carboxylic acids is 3. The number of urea groups is 1. The zero-order chi connectivity index (χ0) is 25.1. The molecule has 13 heteroatoms. The first-order valence-corrected chi connectivity index (χ1v) is 11.4. The number of nitrogens with one attached hydrogen (secondary N) is 3. The van der Waals surface area contributed by atoms with Crippen LogP contribution in [0.4, 0.5) is 9.93 Å². The second kappa shape index (κ2) is 13.1. The molecule has 0 aliphatic rings. The predicted octanol–water partition coefficient (Wildman–Crippen LogP) is 2.17. The van der Waals surface area contributed by atoms with E-state index < -0.39 is 42.4 Å². The van der Waals surface area contributed by atoms with Gasteiger partial charge in [-0.05, 0) is 44.7 Å². The molecule has 2 atom stereocenters. The van der Waals surface area contributed by atoms with Crippen molar-refractivity contribution in [1.82, 2.24) is 20.6 Å². The highest BCUT2D eigenvalue weighted by Crippen LogP contribution is 2.24. The Morgan fingerprint density at radius 3 is 2.32 bits per heavy atom. The highest BCUT2D eigenvalue weighted by Gasteiger charge is 2.24. The smallest absolute Gasteiger partial charge is 0.326 e. The maximum absolute atomic E-state index is 12.0. The maximum atomic E-state index is 12.0. The average Bonchev–Trinajstić information content (AvgIpc) is 3.24. The molecule has 0 radical (unpaired) electrons. The van der Waals surface area contributed by atoms with Gasteiger partial charge in [0.2, 0.25) is 0 Å². The van der Waals surface area contributed by atoms with E-state index in [1.165, 1.54) is 11.3 Å². The third-order valence-electron chi connectivity index (χ3n) is 4.75. The number of rotatable bonds is 14. The number of nitrogens with zero attached hydrogens (tertiary/aromatic N) is 2. The first kappa shape index (κ1) is 26.5. The topological polar surface area (TPSA) is 191 Å². The number of pyridine rings is 1. The van der Waals surface area contributed by atoms with E-state index in [4.69, 9.17) is 10.2 Å². The number of hydrogen-bond acceptors (Lipinski definition) is 8. The van der Waals surface area contributed by atoms with E-state index in [1.54, 1.807) is 6.20 Å². The van der Waals surface area contributed by atoms with Gasteiger partial charge in [0.05, 0.1) is 5.69 Å². The number of amides is 2. The number of aryl methyl sites for hydroxylation is 1. The summed E-state index contributed by atoms with van der Waals surface area (Å²) in [6.45, 7) is 2.46. The molecule has 2 heterocycles. The van der Waals surface area contributed by atoms with Crippen molar-refractivity contribution >= 4 is 40.4 Å². The number of anilines is 1. The molecular formula is C21H27N5O7S. The van der Waals surface area contributed by atoms with E-state index in [1.807, 2.05) is 24.4 Å². The second-order valence-electron chi connectivity index (χ2n) is 7.48. The van der Waals surface area contributed by atoms with Crippen molar-refractivity contribution in [3.63, 3.8) is 0 Å². The Morgan fingerprint density at radius 2 is 1.71 bits per heavy atom. The van der Waals surface area contributed by atoms with Crippen molar-refractivity contribution in [3.8, 4) is 11.3 Å². The van der Waals surface area contributed by atoms with Crippen LogP contribution in [0.5, 0.6) is 0 Å². The monoisotopic (exact) mass is 493 g/mol. The zero-order valence-corrected chi connectivity index (χ0v) is 19.3. The number of carboxylic acid groups (broad SMARTS) is 3. The molecule has 0 saturated heterocycles. The van der Waals surface area contributed by atoms with E-state index in [9.17, 15) is 24.3 Å². The Morgan fingerprint density at radius 1 is 1.03 bits per heavy atom. The lowest BCUT2D eigenvalue weighted by molar-refractivity contribution is -0.140. The summed E-state index contributed by atoms with van der Waals surface area (Å²) in [6, 6.07) is 0.194. The molecule has 2 aromatic rings. The van der Waals surface area contributed by atoms with Crippen molar-refractivity contribution in [1.29, 1.82) is 0 Å². The summed E-state index contributed by atoms with van der Waals surface area (Å²) >= 11 is 1.45. The van der Waals surface area contributed by atoms with Crippen LogP contribution in [-0.4, -0.2) is 67.9 Å². The Bertz CT molecular complexity index is 1010. The SMILES string of the molecule is Cc1cc(-c2csc(NCCCC[C@H](NC(=O)N[C@@H](CCC(=O)O)C(=O)O)C(=O)O)n2)ccn1. The molecule has 0 fully saturated rings. The molecule has 0 aliphatic carbocycles. The first-order valence-electron chi connectivity index (χ1n) is 10.5.